The molecule has 4 aromatic rings. The first kappa shape index (κ1) is 19.7. The zero-order chi connectivity index (χ0) is 20.2. The number of aromatic amines is 1. The van der Waals surface area contributed by atoms with E-state index in [-0.39, 0.29) is 5.82 Å². The first-order valence-electron chi connectivity index (χ1n) is 8.92. The molecule has 0 spiro atoms. The van der Waals surface area contributed by atoms with E-state index >= 15 is 0 Å². The van der Waals surface area contributed by atoms with Gasteiger partial charge in [0.15, 0.2) is 10.1 Å². The third-order valence-electron chi connectivity index (χ3n) is 4.35. The number of aromatic nitrogens is 3. The molecule has 0 amide bonds. The molecule has 1 N–H and O–H groups in total. The van der Waals surface area contributed by atoms with Gasteiger partial charge < -0.3 is 9.54 Å². The van der Waals surface area contributed by atoms with Gasteiger partial charge in [0, 0.05) is 17.5 Å². The third kappa shape index (κ3) is 4.70. The van der Waals surface area contributed by atoms with Gasteiger partial charge in [-0.15, -0.1) is 0 Å². The highest BCUT2D eigenvalue weighted by Gasteiger charge is 2.16. The van der Waals surface area contributed by atoms with Crippen molar-refractivity contribution in [2.24, 2.45) is 0 Å². The quantitative estimate of drug-likeness (QED) is 0.337. The van der Waals surface area contributed by atoms with Crippen molar-refractivity contribution in [1.82, 2.24) is 15.0 Å². The van der Waals surface area contributed by atoms with Gasteiger partial charge >= 0.3 is 0 Å². The Morgan fingerprint density at radius 1 is 1.03 bits per heavy atom. The number of hydrogen-bond donors (Lipinski definition) is 1. The van der Waals surface area contributed by atoms with Crippen molar-refractivity contribution in [2.75, 3.05) is 6.26 Å². The minimum Gasteiger partial charge on any atom is -0.612 e. The lowest BCUT2D eigenvalue weighted by Crippen LogP contribution is -1.96. The molecule has 0 fully saturated rings. The van der Waals surface area contributed by atoms with Crippen LogP contribution in [0.15, 0.2) is 83.0 Å². The summed E-state index contributed by atoms with van der Waals surface area (Å²) in [5, 5.41) is 0.758. The van der Waals surface area contributed by atoms with Crippen LogP contribution in [0.1, 0.15) is 5.56 Å². The minimum absolute atomic E-state index is 0.279. The average molecular weight is 424 g/mol. The Morgan fingerprint density at radius 2 is 1.79 bits per heavy atom. The lowest BCUT2D eigenvalue weighted by atomic mass is 10.1. The van der Waals surface area contributed by atoms with Gasteiger partial charge in [0.1, 0.15) is 17.8 Å². The number of hydrogen-bond acceptors (Lipinski definition) is 4. The Labute approximate surface area is 175 Å². The van der Waals surface area contributed by atoms with Crippen molar-refractivity contribution >= 4 is 22.9 Å². The van der Waals surface area contributed by atoms with Crippen molar-refractivity contribution in [3.05, 3.63) is 84.3 Å². The van der Waals surface area contributed by atoms with Crippen LogP contribution in [0.5, 0.6) is 0 Å². The molecule has 7 heteroatoms. The summed E-state index contributed by atoms with van der Waals surface area (Å²) in [4.78, 5) is 13.3. The van der Waals surface area contributed by atoms with E-state index in [9.17, 15) is 8.94 Å². The maximum absolute atomic E-state index is 13.4. The second-order valence-corrected chi connectivity index (χ2v) is 8.72. The Hall–Kier alpha value is -2.61. The molecule has 0 bridgehead atoms. The number of rotatable bonds is 6. The Balaban J connectivity index is 1.61. The van der Waals surface area contributed by atoms with Crippen LogP contribution in [-0.2, 0) is 16.9 Å². The third-order valence-corrected chi connectivity index (χ3v) is 6.23. The fourth-order valence-electron chi connectivity index (χ4n) is 2.86. The molecule has 0 radical (unpaired) electrons. The van der Waals surface area contributed by atoms with Gasteiger partial charge in [-0.25, -0.2) is 9.37 Å². The number of pyridine rings is 1. The number of nitrogens with zero attached hydrogens (tertiary/aromatic N) is 2. The summed E-state index contributed by atoms with van der Waals surface area (Å²) in [5.41, 5.74) is 4.26. The summed E-state index contributed by atoms with van der Waals surface area (Å²) < 4.78 is 24.9. The second kappa shape index (κ2) is 8.82. The summed E-state index contributed by atoms with van der Waals surface area (Å²) in [6.07, 6.45) is 3.40. The highest BCUT2D eigenvalue weighted by Crippen LogP contribution is 2.32. The van der Waals surface area contributed by atoms with Crippen LogP contribution in [0.25, 0.3) is 22.6 Å². The Bertz CT molecular complexity index is 1080. The van der Waals surface area contributed by atoms with Crippen molar-refractivity contribution in [2.45, 2.75) is 15.8 Å². The molecule has 0 aliphatic heterocycles. The van der Waals surface area contributed by atoms with Gasteiger partial charge in [-0.2, -0.15) is 0 Å². The molecule has 2 heterocycles. The monoisotopic (exact) mass is 423 g/mol. The van der Waals surface area contributed by atoms with Gasteiger partial charge in [-0.1, -0.05) is 30.0 Å². The molecular formula is C22H18FN3OS2. The van der Waals surface area contributed by atoms with Crippen LogP contribution in [0.4, 0.5) is 4.39 Å². The average Bonchev–Trinajstić information content (AvgIpc) is 3.18. The topological polar surface area (TPSA) is 64.6 Å². The summed E-state index contributed by atoms with van der Waals surface area (Å²) >= 11 is 0.591. The first-order chi connectivity index (χ1) is 14.1. The molecule has 2 aromatic heterocycles. The Kier molecular flexibility index (Phi) is 5.99. The number of benzene rings is 2. The number of imidazole rings is 1. The van der Waals surface area contributed by atoms with E-state index < -0.39 is 11.2 Å². The van der Waals surface area contributed by atoms with Gasteiger partial charge in [0.25, 0.3) is 0 Å². The van der Waals surface area contributed by atoms with Gasteiger partial charge in [-0.05, 0) is 65.3 Å². The van der Waals surface area contributed by atoms with E-state index in [0.717, 1.165) is 38.3 Å². The van der Waals surface area contributed by atoms with Crippen LogP contribution in [-0.4, -0.2) is 25.8 Å². The van der Waals surface area contributed by atoms with Crippen molar-refractivity contribution in [3.63, 3.8) is 0 Å². The van der Waals surface area contributed by atoms with Crippen LogP contribution < -0.4 is 0 Å². The summed E-state index contributed by atoms with van der Waals surface area (Å²) in [6.45, 7) is 0. The summed E-state index contributed by atoms with van der Waals surface area (Å²) in [6, 6.07) is 19.7. The zero-order valence-electron chi connectivity index (χ0n) is 15.6. The maximum Gasteiger partial charge on any atom is 0.166 e. The molecule has 146 valence electrons. The SMILES string of the molecule is C[S+]([O-])c1ccc(CSc2nc(-c3ccccn3)c(-c3ccc(F)cc3)[nH]2)cc1. The van der Waals surface area contributed by atoms with Gasteiger partial charge in [0.05, 0.1) is 11.4 Å². The normalized spacial score (nSPS) is 12.1. The minimum atomic E-state index is -0.980. The molecule has 0 saturated carbocycles. The van der Waals surface area contributed by atoms with Crippen molar-refractivity contribution in [3.8, 4) is 22.6 Å². The number of thioether (sulfide) groups is 1. The summed E-state index contributed by atoms with van der Waals surface area (Å²) in [7, 11) is 0. The van der Waals surface area contributed by atoms with Crippen LogP contribution >= 0.6 is 11.8 Å². The fourth-order valence-corrected chi connectivity index (χ4v) is 4.21. The smallest absolute Gasteiger partial charge is 0.166 e. The van der Waals surface area contributed by atoms with Crippen LogP contribution in [0.2, 0.25) is 0 Å². The predicted octanol–water partition coefficient (Wildman–Crippen LogP) is 5.31. The fraction of sp³-hybridized carbons (Fsp3) is 0.0909. The Morgan fingerprint density at radius 3 is 2.45 bits per heavy atom. The van der Waals surface area contributed by atoms with Gasteiger partial charge in [0.2, 0.25) is 0 Å². The first-order valence-corrected chi connectivity index (χ1v) is 11.5. The zero-order valence-corrected chi connectivity index (χ0v) is 17.3. The predicted molar refractivity (Wildman–Crippen MR) is 116 cm³/mol. The van der Waals surface area contributed by atoms with Crippen LogP contribution in [0.3, 0.4) is 0 Å². The highest BCUT2D eigenvalue weighted by atomic mass is 32.2. The van der Waals surface area contributed by atoms with Crippen molar-refractivity contribution in [1.29, 1.82) is 0 Å². The van der Waals surface area contributed by atoms with E-state index in [1.807, 2.05) is 42.5 Å². The van der Waals surface area contributed by atoms with E-state index in [4.69, 9.17) is 4.98 Å². The van der Waals surface area contributed by atoms with Crippen LogP contribution in [0, 0.1) is 5.82 Å². The standard InChI is InChI=1S/C22H18FN3OS2/c1-29(27)18-11-5-15(6-12-18)14-28-22-25-20(16-7-9-17(23)10-8-16)21(26-22)19-4-2-3-13-24-19/h2-13H,14H2,1H3,(H,25,26). The lowest BCUT2D eigenvalue weighted by Gasteiger charge is -2.05. The molecule has 0 aliphatic rings. The van der Waals surface area contributed by atoms with Gasteiger partial charge in [-0.3, -0.25) is 4.98 Å². The number of nitrogens with one attached hydrogen (secondary N) is 1. The molecule has 1 atom stereocenters. The molecule has 29 heavy (non-hydrogen) atoms. The van der Waals surface area contributed by atoms with E-state index in [1.54, 1.807) is 36.3 Å². The van der Waals surface area contributed by atoms with E-state index in [1.165, 1.54) is 12.1 Å². The lowest BCUT2D eigenvalue weighted by molar-refractivity contribution is 0.601. The molecule has 0 aliphatic carbocycles. The molecule has 1 unspecified atom stereocenters. The largest absolute Gasteiger partial charge is 0.612 e. The van der Waals surface area contributed by atoms with E-state index in [2.05, 4.69) is 9.97 Å². The van der Waals surface area contributed by atoms with Crippen molar-refractivity contribution < 1.29 is 8.94 Å². The molecule has 2 aromatic carbocycles. The number of H-pyrrole nitrogens is 1. The maximum atomic E-state index is 13.4. The highest BCUT2D eigenvalue weighted by molar-refractivity contribution is 7.98. The number of halogens is 1. The molecule has 4 nitrogen and oxygen atoms in total. The molecule has 4 rings (SSSR count). The molecule has 0 saturated heterocycles. The molecular weight excluding hydrogens is 405 g/mol. The second-order valence-electron chi connectivity index (χ2n) is 6.37. The van der Waals surface area contributed by atoms with E-state index in [0.29, 0.717) is 5.75 Å². The summed E-state index contributed by atoms with van der Waals surface area (Å²) in [5.74, 6) is 0.438.